The monoisotopic (exact) mass is 610 g/mol. The molecule has 1 aliphatic carbocycles. The molecule has 3 aliphatic rings. The molecule has 2 aromatic carbocycles. The smallest absolute Gasteiger partial charge is 0.264 e. The van der Waals surface area contributed by atoms with Crippen molar-refractivity contribution in [2.24, 2.45) is 11.8 Å². The molecule has 0 amide bonds. The van der Waals surface area contributed by atoms with Crippen molar-refractivity contribution in [2.45, 2.75) is 88.7 Å². The van der Waals surface area contributed by atoms with E-state index < -0.39 is 15.9 Å². The Labute approximate surface area is 253 Å². The minimum absolute atomic E-state index is 0.00833. The van der Waals surface area contributed by atoms with Gasteiger partial charge in [-0.3, -0.25) is 4.90 Å². The van der Waals surface area contributed by atoms with E-state index in [-0.39, 0.29) is 59.5 Å². The topological polar surface area (TPSA) is 84.4 Å². The highest BCUT2D eigenvalue weighted by Crippen LogP contribution is 2.42. The van der Waals surface area contributed by atoms with Gasteiger partial charge in [0.2, 0.25) is 17.8 Å². The highest BCUT2D eigenvalue weighted by Gasteiger charge is 2.42. The van der Waals surface area contributed by atoms with Crippen LogP contribution in [0.4, 0.5) is 14.7 Å². The van der Waals surface area contributed by atoms with E-state index in [1.807, 2.05) is 38.1 Å². The number of nitrogens with zero attached hydrogens (tertiary/aromatic N) is 3. The molecule has 43 heavy (non-hydrogen) atoms. The molecular formula is C33H40F2N4O3S. The number of halogens is 2. The first-order chi connectivity index (χ1) is 20.4. The molecular weight excluding hydrogens is 570 g/mol. The maximum Gasteiger partial charge on any atom is 0.264 e. The van der Waals surface area contributed by atoms with Gasteiger partial charge >= 0.3 is 0 Å². The van der Waals surface area contributed by atoms with Crippen molar-refractivity contribution in [2.75, 3.05) is 17.8 Å². The van der Waals surface area contributed by atoms with Crippen molar-refractivity contribution in [1.29, 1.82) is 0 Å². The Bertz CT molecular complexity index is 1580. The third-order valence-electron chi connectivity index (χ3n) is 9.53. The number of benzene rings is 2. The second-order valence-corrected chi connectivity index (χ2v) is 14.6. The molecule has 1 aromatic heterocycles. The van der Waals surface area contributed by atoms with Crippen LogP contribution in [0.3, 0.4) is 0 Å². The van der Waals surface area contributed by atoms with Crippen LogP contribution in [0.25, 0.3) is 11.3 Å². The van der Waals surface area contributed by atoms with Gasteiger partial charge in [-0.1, -0.05) is 44.2 Å². The Kier molecular flexibility index (Phi) is 7.96. The minimum Gasteiger partial charge on any atom is -0.473 e. The van der Waals surface area contributed by atoms with E-state index in [0.29, 0.717) is 31.5 Å². The maximum absolute atomic E-state index is 14.1. The Morgan fingerprint density at radius 3 is 2.40 bits per heavy atom. The van der Waals surface area contributed by atoms with Crippen molar-refractivity contribution in [1.82, 2.24) is 14.9 Å². The minimum atomic E-state index is -3.99. The number of hydrogen-bond donors (Lipinski definition) is 1. The predicted molar refractivity (Wildman–Crippen MR) is 163 cm³/mol. The summed E-state index contributed by atoms with van der Waals surface area (Å²) in [6.45, 7) is 9.67. The zero-order valence-corrected chi connectivity index (χ0v) is 26.0. The molecule has 6 bridgehead atoms. The predicted octanol–water partition coefficient (Wildman–Crippen LogP) is 6.96. The van der Waals surface area contributed by atoms with Gasteiger partial charge in [0, 0.05) is 43.6 Å². The lowest BCUT2D eigenvalue weighted by Gasteiger charge is -2.39. The summed E-state index contributed by atoms with van der Waals surface area (Å²) in [5, 5.41) is 0. The highest BCUT2D eigenvalue weighted by molar-refractivity contribution is 7.92. The van der Waals surface area contributed by atoms with Gasteiger partial charge in [0.25, 0.3) is 10.0 Å². The number of fused-ring (bicyclic) bond motifs is 7. The summed E-state index contributed by atoms with van der Waals surface area (Å²) in [7, 11) is -3.99. The number of sulfonamides is 1. The Hall–Kier alpha value is -3.11. The van der Waals surface area contributed by atoms with Crippen LogP contribution >= 0.6 is 0 Å². The van der Waals surface area contributed by atoms with Crippen LogP contribution in [0.5, 0.6) is 5.88 Å². The molecule has 0 spiro atoms. The normalized spacial score (nSPS) is 25.5. The molecule has 2 aliphatic heterocycles. The molecule has 2 fully saturated rings. The van der Waals surface area contributed by atoms with E-state index in [4.69, 9.17) is 4.74 Å². The summed E-state index contributed by atoms with van der Waals surface area (Å²) in [4.78, 5) is 11.7. The first kappa shape index (κ1) is 29.9. The zero-order valence-electron chi connectivity index (χ0n) is 25.2. The molecule has 2 unspecified atom stereocenters. The lowest BCUT2D eigenvalue weighted by molar-refractivity contribution is -0.0572. The first-order valence-corrected chi connectivity index (χ1v) is 16.7. The zero-order chi connectivity index (χ0) is 30.5. The fourth-order valence-electron chi connectivity index (χ4n) is 7.24. The van der Waals surface area contributed by atoms with Crippen LogP contribution < -0.4 is 9.46 Å². The van der Waals surface area contributed by atoms with Crippen LogP contribution in [0.1, 0.15) is 68.6 Å². The number of aromatic nitrogens is 2. The van der Waals surface area contributed by atoms with E-state index in [1.54, 1.807) is 24.3 Å². The Morgan fingerprint density at radius 2 is 1.70 bits per heavy atom. The van der Waals surface area contributed by atoms with Crippen molar-refractivity contribution < 1.29 is 21.9 Å². The number of likely N-dealkylation sites (tertiary alicyclic amines) is 1. The molecule has 6 rings (SSSR count). The number of aryl methyl sites for hydroxylation is 2. The van der Waals surface area contributed by atoms with Gasteiger partial charge < -0.3 is 4.74 Å². The number of rotatable bonds is 3. The van der Waals surface area contributed by atoms with Crippen LogP contribution in [-0.4, -0.2) is 54.4 Å². The van der Waals surface area contributed by atoms with Crippen LogP contribution in [0.15, 0.2) is 53.4 Å². The number of anilines is 1. The molecule has 1 saturated heterocycles. The maximum atomic E-state index is 14.1. The summed E-state index contributed by atoms with van der Waals surface area (Å²) >= 11 is 0. The third-order valence-corrected chi connectivity index (χ3v) is 10.9. The van der Waals surface area contributed by atoms with Gasteiger partial charge in [-0.25, -0.2) is 26.9 Å². The number of alkyl halides is 2. The fraction of sp³-hybridized carbons (Fsp3) is 0.515. The third kappa shape index (κ3) is 6.27. The summed E-state index contributed by atoms with van der Waals surface area (Å²) in [6, 6.07) is 14.9. The Balaban J connectivity index is 1.48. The molecule has 1 saturated carbocycles. The van der Waals surface area contributed by atoms with Crippen LogP contribution in [-0.2, 0) is 10.0 Å². The van der Waals surface area contributed by atoms with Crippen LogP contribution in [0, 0.1) is 25.7 Å². The average Bonchev–Trinajstić information content (AvgIpc) is 3.12. The number of nitrogens with one attached hydrogen (secondary N) is 1. The molecule has 3 atom stereocenters. The van der Waals surface area contributed by atoms with E-state index >= 15 is 0 Å². The average molecular weight is 611 g/mol. The lowest BCUT2D eigenvalue weighted by atomic mass is 9.77. The summed E-state index contributed by atoms with van der Waals surface area (Å²) < 4.78 is 64.8. The Morgan fingerprint density at radius 1 is 1.00 bits per heavy atom. The summed E-state index contributed by atoms with van der Waals surface area (Å²) in [5.74, 6) is -1.91. The van der Waals surface area contributed by atoms with Gasteiger partial charge in [-0.15, -0.1) is 0 Å². The molecule has 3 aromatic rings. The van der Waals surface area contributed by atoms with Crippen molar-refractivity contribution in [3.63, 3.8) is 0 Å². The summed E-state index contributed by atoms with van der Waals surface area (Å²) in [5.41, 5.74) is 4.41. The summed E-state index contributed by atoms with van der Waals surface area (Å²) in [6.07, 6.45) is 1.05. The van der Waals surface area contributed by atoms with Crippen molar-refractivity contribution in [3.8, 4) is 17.1 Å². The highest BCUT2D eigenvalue weighted by atomic mass is 32.2. The van der Waals surface area contributed by atoms with E-state index in [9.17, 15) is 17.2 Å². The number of hydrogen-bond acceptors (Lipinski definition) is 6. The van der Waals surface area contributed by atoms with Gasteiger partial charge in [-0.2, -0.15) is 4.98 Å². The van der Waals surface area contributed by atoms with Gasteiger partial charge in [-0.05, 0) is 79.7 Å². The second kappa shape index (κ2) is 11.4. The van der Waals surface area contributed by atoms with Crippen molar-refractivity contribution >= 4 is 16.0 Å². The largest absolute Gasteiger partial charge is 0.473 e. The lowest BCUT2D eigenvalue weighted by Crippen LogP contribution is -2.46. The molecule has 7 nitrogen and oxygen atoms in total. The molecule has 10 heteroatoms. The van der Waals surface area contributed by atoms with Gasteiger partial charge in [0.15, 0.2) is 0 Å². The fourth-order valence-corrected chi connectivity index (χ4v) is 8.24. The quantitative estimate of drug-likeness (QED) is 0.345. The molecule has 0 radical (unpaired) electrons. The van der Waals surface area contributed by atoms with Gasteiger partial charge in [0.05, 0.1) is 10.6 Å². The SMILES string of the molecule is Cc1cccc(C)c1-c1cc2nc(n1)NS(=O)(=O)c1cccc(c1)C1C[C@@H](CN(C3CCC(F)(F)CC3)CC1C(C)C)O2. The van der Waals surface area contributed by atoms with Crippen LogP contribution in [0.2, 0.25) is 0 Å². The van der Waals surface area contributed by atoms with Gasteiger partial charge in [0.1, 0.15) is 6.10 Å². The molecule has 3 heterocycles. The van der Waals surface area contributed by atoms with Crippen molar-refractivity contribution in [3.05, 3.63) is 65.2 Å². The van der Waals surface area contributed by atoms with E-state index in [0.717, 1.165) is 28.8 Å². The first-order valence-electron chi connectivity index (χ1n) is 15.3. The van der Waals surface area contributed by atoms with E-state index in [2.05, 4.69) is 33.4 Å². The molecule has 1 N–H and O–H groups in total. The standard InChI is InChI=1S/C33H40F2N4O3S/c1-20(2)28-19-39(24-11-13-33(34,35)14-12-24)18-25-16-27(28)23-9-6-10-26(15-23)43(40,41)38-32-36-29(17-30(37-32)42-25)31-21(3)7-5-8-22(31)4/h5-10,15,17,20,24-25,27-28H,11-14,16,18-19H2,1-4H3,(H,36,37,38)/t25-,27?,28?/m0/s1. The van der Waals surface area contributed by atoms with E-state index in [1.165, 1.54) is 0 Å². The molecule has 230 valence electrons. The number of ether oxygens (including phenoxy) is 1. The second-order valence-electron chi connectivity index (χ2n) is 12.9.